The third-order valence-electron chi connectivity index (χ3n) is 3.58. The average molecular weight is 321 g/mol. The molecule has 0 amide bonds. The molecule has 1 fully saturated rings. The van der Waals surface area contributed by atoms with Crippen molar-refractivity contribution in [3.8, 4) is 0 Å². The summed E-state index contributed by atoms with van der Waals surface area (Å²) in [5.41, 5.74) is 0.761. The molecule has 0 unspecified atom stereocenters. The van der Waals surface area contributed by atoms with Crippen molar-refractivity contribution in [2.75, 3.05) is 18.8 Å². The lowest BCUT2D eigenvalue weighted by molar-refractivity contribution is 0.186. The molecule has 0 aliphatic carbocycles. The maximum absolute atomic E-state index is 13.2. The second kappa shape index (κ2) is 6.39. The van der Waals surface area contributed by atoms with Crippen LogP contribution in [-0.2, 0) is 16.6 Å². The topological polar surface area (TPSA) is 63.4 Å². The van der Waals surface area contributed by atoms with Crippen molar-refractivity contribution in [2.45, 2.75) is 19.4 Å². The Balaban J connectivity index is 1.90. The van der Waals surface area contributed by atoms with Crippen LogP contribution in [0, 0.1) is 11.7 Å². The first-order valence-corrected chi connectivity index (χ1v) is 8.59. The van der Waals surface area contributed by atoms with Gasteiger partial charge in [0.05, 0.1) is 5.75 Å². The summed E-state index contributed by atoms with van der Waals surface area (Å²) in [6.45, 7) is 2.12. The Kier molecular flexibility index (Phi) is 5.01. The second-order valence-electron chi connectivity index (χ2n) is 5.28. The predicted molar refractivity (Wildman–Crippen MR) is 77.4 cm³/mol. The van der Waals surface area contributed by atoms with Crippen LogP contribution in [0.3, 0.4) is 0 Å². The minimum Gasteiger partial charge on any atom is -0.299 e. The second-order valence-corrected chi connectivity index (χ2v) is 7.35. The molecule has 0 atom stereocenters. The zero-order valence-electron chi connectivity index (χ0n) is 11.1. The highest BCUT2D eigenvalue weighted by Gasteiger charge is 2.23. The van der Waals surface area contributed by atoms with E-state index in [1.807, 2.05) is 0 Å². The van der Waals surface area contributed by atoms with Crippen LogP contribution in [0.5, 0.6) is 0 Å². The van der Waals surface area contributed by atoms with Crippen LogP contribution in [0.4, 0.5) is 4.39 Å². The highest BCUT2D eigenvalue weighted by atomic mass is 35.5. The fraction of sp³-hybridized carbons (Fsp3) is 0.538. The van der Waals surface area contributed by atoms with E-state index in [1.54, 1.807) is 6.07 Å². The van der Waals surface area contributed by atoms with Gasteiger partial charge in [0.25, 0.3) is 0 Å². The maximum atomic E-state index is 13.2. The first-order valence-electron chi connectivity index (χ1n) is 6.50. The summed E-state index contributed by atoms with van der Waals surface area (Å²) in [7, 11) is -3.40. The number of piperidine rings is 1. The number of sulfonamides is 1. The molecule has 112 valence electrons. The van der Waals surface area contributed by atoms with Crippen molar-refractivity contribution in [1.29, 1.82) is 0 Å². The third kappa shape index (κ3) is 4.70. The highest BCUT2D eigenvalue weighted by Crippen LogP contribution is 2.23. The van der Waals surface area contributed by atoms with Gasteiger partial charge in [-0.15, -0.1) is 0 Å². The smallest absolute Gasteiger partial charge is 0.209 e. The Bertz CT molecular complexity index is 572. The summed E-state index contributed by atoms with van der Waals surface area (Å²) < 4.78 is 35.3. The molecular formula is C13H18ClFN2O2S. The van der Waals surface area contributed by atoms with Crippen LogP contribution in [0.2, 0.25) is 5.02 Å². The van der Waals surface area contributed by atoms with Gasteiger partial charge in [-0.3, -0.25) is 4.90 Å². The van der Waals surface area contributed by atoms with Gasteiger partial charge in [-0.1, -0.05) is 11.6 Å². The van der Waals surface area contributed by atoms with Gasteiger partial charge in [0.1, 0.15) is 5.82 Å². The molecule has 1 heterocycles. The molecule has 2 N–H and O–H groups in total. The van der Waals surface area contributed by atoms with Gasteiger partial charge in [-0.05, 0) is 55.6 Å². The van der Waals surface area contributed by atoms with E-state index >= 15 is 0 Å². The van der Waals surface area contributed by atoms with Gasteiger partial charge in [0, 0.05) is 11.6 Å². The van der Waals surface area contributed by atoms with Gasteiger partial charge in [-0.2, -0.15) is 0 Å². The zero-order valence-corrected chi connectivity index (χ0v) is 12.6. The number of hydrogen-bond acceptors (Lipinski definition) is 3. The summed E-state index contributed by atoms with van der Waals surface area (Å²) in [5.74, 6) is -0.139. The Morgan fingerprint density at radius 3 is 2.60 bits per heavy atom. The lowest BCUT2D eigenvalue weighted by atomic mass is 9.98. The molecule has 1 aliphatic rings. The molecular weight excluding hydrogens is 303 g/mol. The number of benzene rings is 1. The van der Waals surface area contributed by atoms with Crippen LogP contribution in [0.1, 0.15) is 18.4 Å². The van der Waals surface area contributed by atoms with Crippen LogP contribution in [0.25, 0.3) is 0 Å². The van der Waals surface area contributed by atoms with E-state index < -0.39 is 10.0 Å². The molecule has 0 spiro atoms. The van der Waals surface area contributed by atoms with E-state index in [4.69, 9.17) is 16.7 Å². The van der Waals surface area contributed by atoms with Gasteiger partial charge >= 0.3 is 0 Å². The maximum Gasteiger partial charge on any atom is 0.209 e. The van der Waals surface area contributed by atoms with E-state index in [0.717, 1.165) is 31.5 Å². The molecule has 0 saturated carbocycles. The normalized spacial score (nSPS) is 18.4. The summed E-state index contributed by atoms with van der Waals surface area (Å²) in [6.07, 6.45) is 1.56. The lowest BCUT2D eigenvalue weighted by Crippen LogP contribution is -2.36. The summed E-state index contributed by atoms with van der Waals surface area (Å²) in [6, 6.07) is 4.34. The van der Waals surface area contributed by atoms with E-state index in [0.29, 0.717) is 11.6 Å². The van der Waals surface area contributed by atoms with Gasteiger partial charge in [-0.25, -0.2) is 17.9 Å². The van der Waals surface area contributed by atoms with Crippen molar-refractivity contribution in [3.05, 3.63) is 34.6 Å². The minimum absolute atomic E-state index is 0.0432. The molecule has 0 aromatic heterocycles. The van der Waals surface area contributed by atoms with E-state index in [2.05, 4.69) is 4.90 Å². The number of nitrogens with zero attached hydrogens (tertiary/aromatic N) is 1. The van der Waals surface area contributed by atoms with E-state index in [-0.39, 0.29) is 17.5 Å². The molecule has 1 saturated heterocycles. The van der Waals surface area contributed by atoms with Crippen molar-refractivity contribution >= 4 is 21.6 Å². The molecule has 4 nitrogen and oxygen atoms in total. The van der Waals surface area contributed by atoms with Gasteiger partial charge in [0.2, 0.25) is 10.0 Å². The van der Waals surface area contributed by atoms with Gasteiger partial charge < -0.3 is 0 Å². The fourth-order valence-corrected chi connectivity index (χ4v) is 3.71. The largest absolute Gasteiger partial charge is 0.299 e. The van der Waals surface area contributed by atoms with E-state index in [1.165, 1.54) is 12.1 Å². The molecule has 7 heteroatoms. The Labute approximate surface area is 123 Å². The number of primary sulfonamides is 1. The minimum atomic E-state index is -3.40. The SMILES string of the molecule is NS(=O)(=O)CC1CCN(Cc2cc(F)ccc2Cl)CC1. The number of nitrogens with two attached hydrogens (primary N) is 1. The molecule has 0 radical (unpaired) electrons. The van der Waals surface area contributed by atoms with Crippen LogP contribution in [0.15, 0.2) is 18.2 Å². The number of rotatable bonds is 4. The van der Waals surface area contributed by atoms with Crippen molar-refractivity contribution in [2.24, 2.45) is 11.1 Å². The molecule has 1 aliphatic heterocycles. The van der Waals surface area contributed by atoms with E-state index in [9.17, 15) is 12.8 Å². The number of halogens is 2. The Hall–Kier alpha value is -0.690. The zero-order chi connectivity index (χ0) is 14.8. The summed E-state index contributed by atoms with van der Waals surface area (Å²) in [4.78, 5) is 2.15. The standard InChI is InChI=1S/C13H18ClFN2O2S/c14-13-2-1-12(15)7-11(13)8-17-5-3-10(4-6-17)9-20(16,18)19/h1-2,7,10H,3-6,8-9H2,(H2,16,18,19). The summed E-state index contributed by atoms with van der Waals surface area (Å²) >= 11 is 6.04. The number of hydrogen-bond donors (Lipinski definition) is 1. The van der Waals surface area contributed by atoms with Crippen LogP contribution in [-0.4, -0.2) is 32.2 Å². The highest BCUT2D eigenvalue weighted by molar-refractivity contribution is 7.89. The predicted octanol–water partition coefficient (Wildman–Crippen LogP) is 1.98. The van der Waals surface area contributed by atoms with Crippen molar-refractivity contribution < 1.29 is 12.8 Å². The molecule has 20 heavy (non-hydrogen) atoms. The van der Waals surface area contributed by atoms with Crippen molar-refractivity contribution in [3.63, 3.8) is 0 Å². The quantitative estimate of drug-likeness (QED) is 0.922. The van der Waals surface area contributed by atoms with Crippen LogP contribution < -0.4 is 5.14 Å². The Morgan fingerprint density at radius 1 is 1.35 bits per heavy atom. The lowest BCUT2D eigenvalue weighted by Gasteiger charge is -2.31. The van der Waals surface area contributed by atoms with Gasteiger partial charge in [0.15, 0.2) is 0 Å². The van der Waals surface area contributed by atoms with Crippen LogP contribution >= 0.6 is 11.6 Å². The number of likely N-dealkylation sites (tertiary alicyclic amines) is 1. The fourth-order valence-electron chi connectivity index (χ4n) is 2.55. The monoisotopic (exact) mass is 320 g/mol. The summed E-state index contributed by atoms with van der Waals surface area (Å²) in [5, 5.41) is 5.61. The third-order valence-corrected chi connectivity index (χ3v) is 4.88. The Morgan fingerprint density at radius 2 is 2.00 bits per heavy atom. The molecule has 0 bridgehead atoms. The molecule has 2 rings (SSSR count). The average Bonchev–Trinajstić information content (AvgIpc) is 2.34. The first-order chi connectivity index (χ1) is 9.33. The molecule has 1 aromatic carbocycles. The first kappa shape index (κ1) is 15.7. The molecule has 1 aromatic rings. The van der Waals surface area contributed by atoms with Crippen molar-refractivity contribution in [1.82, 2.24) is 4.90 Å².